The SMILES string of the molecule is O=C(c1cc(-c2ccccc2F)no1)N1CCC[C@]2(C[C@H](OCC3CC3)CN(Cc3cccc(Cl)c3)C2=O)C1. The Morgan fingerprint density at radius 1 is 1.18 bits per heavy atom. The van der Waals surface area contributed by atoms with E-state index in [0.29, 0.717) is 56.4 Å². The third-order valence-corrected chi connectivity index (χ3v) is 8.28. The van der Waals surface area contributed by atoms with E-state index in [-0.39, 0.29) is 41.5 Å². The van der Waals surface area contributed by atoms with Crippen LogP contribution in [0.25, 0.3) is 11.3 Å². The lowest BCUT2D eigenvalue weighted by Crippen LogP contribution is -2.60. The summed E-state index contributed by atoms with van der Waals surface area (Å²) >= 11 is 6.22. The predicted octanol–water partition coefficient (Wildman–Crippen LogP) is 5.58. The molecular weight excluding hydrogens is 521 g/mol. The molecular formula is C30H31ClFN3O4. The van der Waals surface area contributed by atoms with Crippen molar-refractivity contribution in [2.75, 3.05) is 26.2 Å². The lowest BCUT2D eigenvalue weighted by molar-refractivity contribution is -0.160. The van der Waals surface area contributed by atoms with Gasteiger partial charge < -0.3 is 19.1 Å². The van der Waals surface area contributed by atoms with E-state index < -0.39 is 11.2 Å². The number of piperidine rings is 2. The second kappa shape index (κ2) is 10.7. The number of ether oxygens (including phenoxy) is 1. The van der Waals surface area contributed by atoms with Gasteiger partial charge in [0, 0.05) is 49.4 Å². The molecule has 0 bridgehead atoms. The molecule has 3 aliphatic rings. The minimum atomic E-state index is -0.743. The maximum Gasteiger partial charge on any atom is 0.292 e. The number of carbonyl (C=O) groups excluding carboxylic acids is 2. The number of rotatable bonds is 7. The molecule has 1 aliphatic carbocycles. The normalized spacial score (nSPS) is 23.4. The molecule has 0 N–H and O–H groups in total. The van der Waals surface area contributed by atoms with E-state index in [1.165, 1.54) is 25.0 Å². The van der Waals surface area contributed by atoms with Gasteiger partial charge in [0.05, 0.1) is 11.5 Å². The Morgan fingerprint density at radius 2 is 2.03 bits per heavy atom. The zero-order valence-electron chi connectivity index (χ0n) is 21.7. The number of amides is 2. The Kier molecular flexibility index (Phi) is 7.16. The van der Waals surface area contributed by atoms with Crippen LogP contribution in [0.2, 0.25) is 5.02 Å². The monoisotopic (exact) mass is 551 g/mol. The smallest absolute Gasteiger partial charge is 0.292 e. The minimum Gasteiger partial charge on any atom is -0.376 e. The summed E-state index contributed by atoms with van der Waals surface area (Å²) in [5, 5.41) is 4.57. The fourth-order valence-corrected chi connectivity index (χ4v) is 6.10. The summed E-state index contributed by atoms with van der Waals surface area (Å²) in [5.74, 6) is -0.104. The van der Waals surface area contributed by atoms with Gasteiger partial charge in [0.1, 0.15) is 11.5 Å². The summed E-state index contributed by atoms with van der Waals surface area (Å²) < 4.78 is 25.9. The van der Waals surface area contributed by atoms with Gasteiger partial charge in [0.25, 0.3) is 5.91 Å². The third kappa shape index (κ3) is 5.58. The number of halogens is 2. The summed E-state index contributed by atoms with van der Waals surface area (Å²) in [7, 11) is 0. The standard InChI is InChI=1S/C30H31ClFN3O4/c31-22-6-3-5-21(13-22)16-35-17-23(38-18-20-9-10-20)15-30(29(35)37)11-4-12-34(19-30)28(36)27-14-26(33-39-27)24-7-1-2-8-25(24)32/h1-3,5-8,13-14,20,23H,4,9-12,15-19H2/t23-,30-/m0/s1. The van der Waals surface area contributed by atoms with Gasteiger partial charge in [-0.05, 0) is 67.9 Å². The summed E-state index contributed by atoms with van der Waals surface area (Å²) in [4.78, 5) is 31.1. The fourth-order valence-electron chi connectivity index (χ4n) is 5.89. The molecule has 39 heavy (non-hydrogen) atoms. The largest absolute Gasteiger partial charge is 0.376 e. The zero-order chi connectivity index (χ0) is 27.0. The number of hydrogen-bond donors (Lipinski definition) is 0. The highest BCUT2D eigenvalue weighted by Crippen LogP contribution is 2.42. The van der Waals surface area contributed by atoms with Crippen LogP contribution >= 0.6 is 11.6 Å². The van der Waals surface area contributed by atoms with Gasteiger partial charge in [-0.15, -0.1) is 0 Å². The number of nitrogens with zero attached hydrogens (tertiary/aromatic N) is 3. The lowest BCUT2D eigenvalue weighted by Gasteiger charge is -2.49. The van der Waals surface area contributed by atoms with Crippen LogP contribution < -0.4 is 0 Å². The second-order valence-electron chi connectivity index (χ2n) is 11.1. The first-order valence-electron chi connectivity index (χ1n) is 13.6. The van der Waals surface area contributed by atoms with Crippen molar-refractivity contribution < 1.29 is 23.2 Å². The molecule has 204 valence electrons. The molecule has 2 amide bonds. The van der Waals surface area contributed by atoms with E-state index in [2.05, 4.69) is 5.16 Å². The number of aromatic nitrogens is 1. The van der Waals surface area contributed by atoms with Crippen LogP contribution in [0.15, 0.2) is 59.1 Å². The highest BCUT2D eigenvalue weighted by atomic mass is 35.5. The molecule has 6 rings (SSSR count). The Labute approximate surface area is 231 Å². The van der Waals surface area contributed by atoms with Crippen LogP contribution in [-0.2, 0) is 16.1 Å². The molecule has 9 heteroatoms. The average molecular weight is 552 g/mol. The predicted molar refractivity (Wildman–Crippen MR) is 143 cm³/mol. The van der Waals surface area contributed by atoms with Crippen molar-refractivity contribution in [2.45, 2.75) is 44.8 Å². The molecule has 2 aliphatic heterocycles. The fraction of sp³-hybridized carbons (Fsp3) is 0.433. The van der Waals surface area contributed by atoms with Crippen LogP contribution in [-0.4, -0.2) is 59.1 Å². The lowest BCUT2D eigenvalue weighted by atomic mass is 9.72. The molecule has 3 heterocycles. The molecule has 1 saturated carbocycles. The van der Waals surface area contributed by atoms with Crippen molar-refractivity contribution >= 4 is 23.4 Å². The first-order chi connectivity index (χ1) is 18.9. The first kappa shape index (κ1) is 26.0. The molecule has 7 nitrogen and oxygen atoms in total. The van der Waals surface area contributed by atoms with Crippen LogP contribution in [0.3, 0.4) is 0 Å². The van der Waals surface area contributed by atoms with E-state index >= 15 is 0 Å². The van der Waals surface area contributed by atoms with E-state index in [0.717, 1.165) is 5.56 Å². The maximum absolute atomic E-state index is 14.3. The molecule has 2 aromatic carbocycles. The zero-order valence-corrected chi connectivity index (χ0v) is 22.4. The molecule has 0 radical (unpaired) electrons. The Bertz CT molecular complexity index is 1380. The van der Waals surface area contributed by atoms with E-state index in [1.807, 2.05) is 29.2 Å². The van der Waals surface area contributed by atoms with Gasteiger partial charge in [0.2, 0.25) is 11.7 Å². The number of hydrogen-bond acceptors (Lipinski definition) is 5. The quantitative estimate of drug-likeness (QED) is 0.383. The van der Waals surface area contributed by atoms with Crippen molar-refractivity contribution in [3.63, 3.8) is 0 Å². The highest BCUT2D eigenvalue weighted by molar-refractivity contribution is 6.30. The Balaban J connectivity index is 1.22. The van der Waals surface area contributed by atoms with Crippen molar-refractivity contribution in [1.29, 1.82) is 0 Å². The summed E-state index contributed by atoms with van der Waals surface area (Å²) in [6.07, 6.45) is 4.23. The number of likely N-dealkylation sites (tertiary alicyclic amines) is 2. The minimum absolute atomic E-state index is 0.0332. The van der Waals surface area contributed by atoms with Crippen molar-refractivity contribution in [3.8, 4) is 11.3 Å². The van der Waals surface area contributed by atoms with Crippen molar-refractivity contribution in [2.24, 2.45) is 11.3 Å². The molecule has 2 saturated heterocycles. The maximum atomic E-state index is 14.3. The number of benzene rings is 2. The van der Waals surface area contributed by atoms with Gasteiger partial charge in [0.15, 0.2) is 0 Å². The van der Waals surface area contributed by atoms with Crippen LogP contribution in [0.5, 0.6) is 0 Å². The molecule has 2 atom stereocenters. The van der Waals surface area contributed by atoms with Gasteiger partial charge in [-0.2, -0.15) is 0 Å². The van der Waals surface area contributed by atoms with Crippen molar-refractivity contribution in [1.82, 2.24) is 15.0 Å². The van der Waals surface area contributed by atoms with Crippen LogP contribution in [0.4, 0.5) is 4.39 Å². The third-order valence-electron chi connectivity index (χ3n) is 8.05. The van der Waals surface area contributed by atoms with Crippen molar-refractivity contribution in [3.05, 3.63) is 76.8 Å². The summed E-state index contributed by atoms with van der Waals surface area (Å²) in [6.45, 7) is 2.44. The van der Waals surface area contributed by atoms with Gasteiger partial charge in [-0.1, -0.05) is 41.0 Å². The van der Waals surface area contributed by atoms with E-state index in [9.17, 15) is 14.0 Å². The van der Waals surface area contributed by atoms with E-state index in [1.54, 1.807) is 23.1 Å². The summed E-state index contributed by atoms with van der Waals surface area (Å²) in [6, 6.07) is 15.2. The summed E-state index contributed by atoms with van der Waals surface area (Å²) in [5.41, 5.74) is 0.746. The topological polar surface area (TPSA) is 75.9 Å². The molecule has 3 aromatic rings. The van der Waals surface area contributed by atoms with Crippen LogP contribution in [0, 0.1) is 17.2 Å². The number of carbonyl (C=O) groups is 2. The van der Waals surface area contributed by atoms with Gasteiger partial charge >= 0.3 is 0 Å². The Hall–Kier alpha value is -3.23. The average Bonchev–Trinajstić information content (AvgIpc) is 3.64. The molecule has 3 fully saturated rings. The van der Waals surface area contributed by atoms with E-state index in [4.69, 9.17) is 20.9 Å². The first-order valence-corrected chi connectivity index (χ1v) is 13.9. The molecule has 1 aromatic heterocycles. The van der Waals surface area contributed by atoms with Gasteiger partial charge in [-0.25, -0.2) is 4.39 Å². The highest BCUT2D eigenvalue weighted by Gasteiger charge is 2.51. The molecule has 1 spiro atoms. The van der Waals surface area contributed by atoms with Crippen LogP contribution in [0.1, 0.15) is 48.2 Å². The molecule has 0 unspecified atom stereocenters. The Morgan fingerprint density at radius 3 is 2.82 bits per heavy atom. The second-order valence-corrected chi connectivity index (χ2v) is 11.5. The van der Waals surface area contributed by atoms with Gasteiger partial charge in [-0.3, -0.25) is 9.59 Å².